The van der Waals surface area contributed by atoms with Crippen LogP contribution >= 0.6 is 0 Å². The summed E-state index contributed by atoms with van der Waals surface area (Å²) in [5.74, 6) is 0. The van der Waals surface area contributed by atoms with E-state index in [0.29, 0.717) is 5.56 Å². The summed E-state index contributed by atoms with van der Waals surface area (Å²) >= 11 is 0. The number of aliphatic hydroxyl groups is 1. The summed E-state index contributed by atoms with van der Waals surface area (Å²) < 4.78 is 0. The number of fused-ring (bicyclic) bond motifs is 3. The summed E-state index contributed by atoms with van der Waals surface area (Å²) in [7, 11) is 0. The molecule has 0 aliphatic heterocycles. The van der Waals surface area contributed by atoms with Gasteiger partial charge in [0.2, 0.25) is 0 Å². The molecule has 2 aromatic carbocycles. The molecule has 1 aliphatic rings. The molecule has 36 heavy (non-hydrogen) atoms. The number of nitro benzene ring substituents is 3. The number of hydrogen-bond donors (Lipinski definition) is 1. The molecule has 1 aliphatic carbocycles. The lowest BCUT2D eigenvalue weighted by Crippen LogP contribution is -2.03. The first-order valence-corrected chi connectivity index (χ1v) is 11.9. The second-order valence-electron chi connectivity index (χ2n) is 8.57. The largest absolute Gasteiger partial charge is 0.396 e. The maximum absolute atomic E-state index is 11.7. The summed E-state index contributed by atoms with van der Waals surface area (Å²) in [5.41, 5.74) is -0.254. The molecule has 192 valence electrons. The standard InChI is InChI=1S/C24H28N4O8/c29-12-8-6-4-2-1-3-5-7-9-13-36-25-24-20-14-17(26(30)31)10-11-19(20)23-21(24)15-18(27(32)33)16-22(23)28(34)35/h10-11,14-16,29H,1-9,12-13H2/b25-24+. The van der Waals surface area contributed by atoms with E-state index in [2.05, 4.69) is 5.16 Å². The van der Waals surface area contributed by atoms with Crippen LogP contribution in [0.5, 0.6) is 0 Å². The molecule has 12 nitrogen and oxygen atoms in total. The first kappa shape index (κ1) is 26.7. The maximum atomic E-state index is 11.7. The van der Waals surface area contributed by atoms with E-state index in [0.717, 1.165) is 63.9 Å². The Bertz CT molecular complexity index is 1170. The van der Waals surface area contributed by atoms with E-state index < -0.39 is 26.1 Å². The second kappa shape index (κ2) is 12.7. The predicted octanol–water partition coefficient (Wildman–Crippen LogP) is 5.66. The number of unbranched alkanes of at least 4 members (excludes halogenated alkanes) is 8. The Kier molecular flexibility index (Phi) is 9.39. The van der Waals surface area contributed by atoms with Crippen molar-refractivity contribution in [2.75, 3.05) is 13.2 Å². The van der Waals surface area contributed by atoms with Crippen LogP contribution in [-0.2, 0) is 4.84 Å². The number of hydrogen-bond acceptors (Lipinski definition) is 9. The van der Waals surface area contributed by atoms with Crippen molar-refractivity contribution in [2.45, 2.75) is 57.8 Å². The van der Waals surface area contributed by atoms with Gasteiger partial charge in [0.05, 0.1) is 26.4 Å². The van der Waals surface area contributed by atoms with Gasteiger partial charge < -0.3 is 9.94 Å². The van der Waals surface area contributed by atoms with Crippen LogP contribution in [0.1, 0.15) is 68.9 Å². The third kappa shape index (κ3) is 6.39. The Morgan fingerprint density at radius 2 is 1.28 bits per heavy atom. The molecule has 0 bridgehead atoms. The molecule has 3 rings (SSSR count). The summed E-state index contributed by atoms with van der Waals surface area (Å²) in [6.07, 6.45) is 9.10. The number of aliphatic hydroxyl groups excluding tert-OH is 1. The van der Waals surface area contributed by atoms with Gasteiger partial charge in [0.25, 0.3) is 17.1 Å². The lowest BCUT2D eigenvalue weighted by atomic mass is 10.0. The van der Waals surface area contributed by atoms with Crippen molar-refractivity contribution in [3.63, 3.8) is 0 Å². The molecule has 0 amide bonds. The van der Waals surface area contributed by atoms with Crippen LogP contribution in [0.2, 0.25) is 0 Å². The molecule has 12 heteroatoms. The van der Waals surface area contributed by atoms with Crippen LogP contribution in [-0.4, -0.2) is 38.8 Å². The Balaban J connectivity index is 1.72. The van der Waals surface area contributed by atoms with Gasteiger partial charge in [-0.25, -0.2) is 0 Å². The zero-order valence-electron chi connectivity index (χ0n) is 19.8. The molecule has 0 saturated carbocycles. The highest BCUT2D eigenvalue weighted by molar-refractivity contribution is 6.26. The Morgan fingerprint density at radius 3 is 1.86 bits per heavy atom. The fourth-order valence-corrected chi connectivity index (χ4v) is 4.26. The number of rotatable bonds is 15. The van der Waals surface area contributed by atoms with E-state index in [4.69, 9.17) is 9.94 Å². The monoisotopic (exact) mass is 500 g/mol. The molecule has 0 atom stereocenters. The molecule has 0 fully saturated rings. The smallest absolute Gasteiger partial charge is 0.284 e. The van der Waals surface area contributed by atoms with E-state index in [1.54, 1.807) is 0 Å². The van der Waals surface area contributed by atoms with Gasteiger partial charge in [0, 0.05) is 35.9 Å². The minimum Gasteiger partial charge on any atom is -0.396 e. The first-order valence-electron chi connectivity index (χ1n) is 11.9. The molecule has 0 unspecified atom stereocenters. The van der Waals surface area contributed by atoms with Crippen molar-refractivity contribution >= 4 is 22.8 Å². The average Bonchev–Trinajstić information content (AvgIpc) is 3.16. The molecule has 2 aromatic rings. The molecular weight excluding hydrogens is 472 g/mol. The summed E-state index contributed by atoms with van der Waals surface area (Å²) in [5, 5.41) is 47.3. The Morgan fingerprint density at radius 1 is 0.694 bits per heavy atom. The van der Waals surface area contributed by atoms with E-state index in [1.807, 2.05) is 0 Å². The van der Waals surface area contributed by atoms with Crippen molar-refractivity contribution in [1.82, 2.24) is 0 Å². The van der Waals surface area contributed by atoms with Crippen LogP contribution in [0, 0.1) is 30.3 Å². The number of oxime groups is 1. The Hall–Kier alpha value is -3.93. The quantitative estimate of drug-likeness (QED) is 0.158. The van der Waals surface area contributed by atoms with Gasteiger partial charge in [0.1, 0.15) is 12.3 Å². The fourth-order valence-electron chi connectivity index (χ4n) is 4.26. The summed E-state index contributed by atoms with van der Waals surface area (Å²) in [6.45, 7) is 0.517. The average molecular weight is 501 g/mol. The van der Waals surface area contributed by atoms with E-state index in [-0.39, 0.29) is 41.3 Å². The summed E-state index contributed by atoms with van der Waals surface area (Å²) in [4.78, 5) is 37.8. The lowest BCUT2D eigenvalue weighted by Gasteiger charge is -2.04. The molecule has 0 heterocycles. The predicted molar refractivity (Wildman–Crippen MR) is 132 cm³/mol. The zero-order valence-corrected chi connectivity index (χ0v) is 19.8. The van der Waals surface area contributed by atoms with Gasteiger partial charge >= 0.3 is 0 Å². The van der Waals surface area contributed by atoms with Crippen LogP contribution in [0.4, 0.5) is 17.1 Å². The minimum absolute atomic E-state index is 0.0957. The van der Waals surface area contributed by atoms with Crippen molar-refractivity contribution < 1.29 is 24.7 Å². The number of non-ortho nitro benzene ring substituents is 2. The topological polar surface area (TPSA) is 171 Å². The number of benzene rings is 2. The van der Waals surface area contributed by atoms with Crippen LogP contribution in [0.25, 0.3) is 11.1 Å². The van der Waals surface area contributed by atoms with Crippen molar-refractivity contribution in [3.8, 4) is 11.1 Å². The maximum Gasteiger partial charge on any atom is 0.284 e. The SMILES string of the molecule is O=[N+]([O-])c1ccc2c(c1)/C(=N\OCCCCCCCCCCCO)c1cc([N+](=O)[O-])cc([N+](=O)[O-])c1-2. The molecule has 0 radical (unpaired) electrons. The highest BCUT2D eigenvalue weighted by Gasteiger charge is 2.36. The second-order valence-corrected chi connectivity index (χ2v) is 8.57. The van der Waals surface area contributed by atoms with E-state index in [1.165, 1.54) is 24.3 Å². The molecule has 0 saturated heterocycles. The zero-order chi connectivity index (χ0) is 26.1. The minimum atomic E-state index is -0.732. The van der Waals surface area contributed by atoms with Gasteiger partial charge in [-0.2, -0.15) is 0 Å². The number of nitro groups is 3. The van der Waals surface area contributed by atoms with Gasteiger partial charge in [-0.1, -0.05) is 43.7 Å². The molecule has 0 spiro atoms. The highest BCUT2D eigenvalue weighted by atomic mass is 16.6. The molecular formula is C24H28N4O8. The molecule has 0 aromatic heterocycles. The fraction of sp³-hybridized carbons (Fsp3) is 0.458. The van der Waals surface area contributed by atoms with E-state index >= 15 is 0 Å². The number of nitrogens with zero attached hydrogens (tertiary/aromatic N) is 4. The summed E-state index contributed by atoms with van der Waals surface area (Å²) in [6, 6.07) is 5.91. The van der Waals surface area contributed by atoms with Crippen molar-refractivity contribution in [3.05, 3.63) is 71.8 Å². The highest BCUT2D eigenvalue weighted by Crippen LogP contribution is 2.45. The van der Waals surface area contributed by atoms with Crippen LogP contribution in [0.15, 0.2) is 35.5 Å². The van der Waals surface area contributed by atoms with Crippen LogP contribution in [0.3, 0.4) is 0 Å². The third-order valence-electron chi connectivity index (χ3n) is 6.05. The Labute approximate surface area is 207 Å². The first-order chi connectivity index (χ1) is 17.3. The van der Waals surface area contributed by atoms with Crippen molar-refractivity contribution in [2.24, 2.45) is 5.16 Å². The van der Waals surface area contributed by atoms with Gasteiger partial charge in [-0.05, 0) is 30.9 Å². The lowest BCUT2D eigenvalue weighted by molar-refractivity contribution is -0.393. The van der Waals surface area contributed by atoms with Gasteiger partial charge in [-0.15, -0.1) is 0 Å². The van der Waals surface area contributed by atoms with Crippen LogP contribution < -0.4 is 0 Å². The normalized spacial score (nSPS) is 12.9. The van der Waals surface area contributed by atoms with Gasteiger partial charge in [-0.3, -0.25) is 30.3 Å². The van der Waals surface area contributed by atoms with Crippen molar-refractivity contribution in [1.29, 1.82) is 0 Å². The molecule has 1 N–H and O–H groups in total. The van der Waals surface area contributed by atoms with Gasteiger partial charge in [0.15, 0.2) is 0 Å². The van der Waals surface area contributed by atoms with E-state index in [9.17, 15) is 30.3 Å². The third-order valence-corrected chi connectivity index (χ3v) is 6.05.